The standard InChI is InChI=1S/C31H43N9O3/c1-2-43-29(41)24-9-5-6-10-25(24)36-31(42)39-17-15-22(16-18-39)34-27-26-28(40(19-33-26)23-7-3-4-8-23)38-30(37-27)35-21-13-11-20(32)12-14-21/h5-6,9-10,19-23H,2-4,7-8,11-18,32H2,1H3,(H,36,42)(H2,34,35,37,38). The molecule has 0 atom stereocenters. The maximum Gasteiger partial charge on any atom is 0.340 e. The predicted molar refractivity (Wildman–Crippen MR) is 166 cm³/mol. The maximum atomic E-state index is 13.1. The highest BCUT2D eigenvalue weighted by Gasteiger charge is 2.27. The van der Waals surface area contributed by atoms with E-state index in [0.717, 1.165) is 68.3 Å². The molecule has 0 unspecified atom stereocenters. The quantitative estimate of drug-likeness (QED) is 0.269. The first-order valence-electron chi connectivity index (χ1n) is 15.8. The summed E-state index contributed by atoms with van der Waals surface area (Å²) in [6.45, 7) is 3.18. The Morgan fingerprint density at radius 3 is 2.42 bits per heavy atom. The second-order valence-corrected chi connectivity index (χ2v) is 12.0. The Morgan fingerprint density at radius 1 is 0.953 bits per heavy atom. The molecule has 230 valence electrons. The molecule has 1 aliphatic heterocycles. The molecule has 1 aromatic carbocycles. The molecule has 3 aliphatic rings. The number of carbonyl (C=O) groups is 2. The molecule has 5 N–H and O–H groups in total. The van der Waals surface area contributed by atoms with Gasteiger partial charge in [-0.05, 0) is 70.4 Å². The molecule has 0 radical (unpaired) electrons. The van der Waals surface area contributed by atoms with Gasteiger partial charge in [0.15, 0.2) is 17.0 Å². The number of nitrogens with two attached hydrogens (primary N) is 1. The van der Waals surface area contributed by atoms with Crippen molar-refractivity contribution in [3.8, 4) is 0 Å². The first-order valence-corrected chi connectivity index (χ1v) is 15.8. The Morgan fingerprint density at radius 2 is 1.67 bits per heavy atom. The van der Waals surface area contributed by atoms with Crippen molar-refractivity contribution in [3.05, 3.63) is 36.2 Å². The fourth-order valence-corrected chi connectivity index (χ4v) is 6.57. The van der Waals surface area contributed by atoms with Crippen LogP contribution in [0.25, 0.3) is 11.2 Å². The summed E-state index contributed by atoms with van der Waals surface area (Å²) in [7, 11) is 0. The second kappa shape index (κ2) is 13.2. The van der Waals surface area contributed by atoms with Gasteiger partial charge >= 0.3 is 12.0 Å². The number of nitrogens with one attached hydrogen (secondary N) is 3. The zero-order valence-electron chi connectivity index (χ0n) is 24.9. The number of benzene rings is 1. The van der Waals surface area contributed by atoms with Gasteiger partial charge in [-0.15, -0.1) is 0 Å². The molecule has 2 aromatic heterocycles. The van der Waals surface area contributed by atoms with E-state index >= 15 is 0 Å². The number of hydrogen-bond acceptors (Lipinski definition) is 9. The topological polar surface area (TPSA) is 152 Å². The van der Waals surface area contributed by atoms with Crippen LogP contribution in [-0.4, -0.2) is 74.2 Å². The van der Waals surface area contributed by atoms with Crippen molar-refractivity contribution in [1.82, 2.24) is 24.4 Å². The smallest absolute Gasteiger partial charge is 0.340 e. The molecule has 43 heavy (non-hydrogen) atoms. The van der Waals surface area contributed by atoms with Gasteiger partial charge in [0.2, 0.25) is 5.95 Å². The van der Waals surface area contributed by atoms with Crippen LogP contribution in [0, 0.1) is 0 Å². The van der Waals surface area contributed by atoms with E-state index in [1.807, 2.05) is 6.33 Å². The molecule has 2 amide bonds. The van der Waals surface area contributed by atoms with Crippen LogP contribution in [0.1, 0.15) is 87.5 Å². The lowest BCUT2D eigenvalue weighted by molar-refractivity contribution is 0.0527. The number of fused-ring (bicyclic) bond motifs is 1. The van der Waals surface area contributed by atoms with Crippen LogP contribution in [-0.2, 0) is 4.74 Å². The van der Waals surface area contributed by atoms with Crippen LogP contribution in [0.4, 0.5) is 22.2 Å². The normalized spacial score (nSPS) is 21.6. The summed E-state index contributed by atoms with van der Waals surface area (Å²) < 4.78 is 7.38. The molecule has 3 fully saturated rings. The summed E-state index contributed by atoms with van der Waals surface area (Å²) in [5.41, 5.74) is 8.60. The van der Waals surface area contributed by atoms with Crippen LogP contribution in [0.2, 0.25) is 0 Å². The molecule has 6 rings (SSSR count). The number of para-hydroxylation sites is 1. The highest BCUT2D eigenvalue weighted by atomic mass is 16.5. The lowest BCUT2D eigenvalue weighted by Crippen LogP contribution is -2.44. The van der Waals surface area contributed by atoms with E-state index in [0.29, 0.717) is 42.4 Å². The molecule has 2 aliphatic carbocycles. The minimum atomic E-state index is -0.450. The zero-order chi connectivity index (χ0) is 29.8. The van der Waals surface area contributed by atoms with Crippen molar-refractivity contribution in [3.63, 3.8) is 0 Å². The van der Waals surface area contributed by atoms with Crippen molar-refractivity contribution in [2.45, 2.75) is 95.3 Å². The first-order chi connectivity index (χ1) is 21.0. The van der Waals surface area contributed by atoms with Crippen molar-refractivity contribution < 1.29 is 14.3 Å². The largest absolute Gasteiger partial charge is 0.462 e. The molecule has 0 spiro atoms. The Balaban J connectivity index is 1.14. The number of amides is 2. The number of esters is 1. The number of urea groups is 1. The van der Waals surface area contributed by atoms with Crippen LogP contribution in [0.5, 0.6) is 0 Å². The Labute approximate surface area is 252 Å². The van der Waals surface area contributed by atoms with Crippen molar-refractivity contribution in [2.24, 2.45) is 5.73 Å². The third kappa shape index (κ3) is 6.69. The molecule has 12 nitrogen and oxygen atoms in total. The third-order valence-corrected chi connectivity index (χ3v) is 9.03. The van der Waals surface area contributed by atoms with E-state index in [2.05, 4.69) is 20.5 Å². The van der Waals surface area contributed by atoms with Gasteiger partial charge in [0.25, 0.3) is 0 Å². The number of nitrogens with zero attached hydrogens (tertiary/aromatic N) is 5. The molecule has 3 aromatic rings. The number of anilines is 3. The molecule has 2 saturated carbocycles. The monoisotopic (exact) mass is 589 g/mol. The molecule has 3 heterocycles. The molecule has 0 bridgehead atoms. The van der Waals surface area contributed by atoms with Crippen molar-refractivity contribution >= 4 is 40.6 Å². The summed E-state index contributed by atoms with van der Waals surface area (Å²) in [4.78, 5) is 41.9. The average molecular weight is 590 g/mol. The summed E-state index contributed by atoms with van der Waals surface area (Å²) in [5, 5.41) is 10.1. The van der Waals surface area contributed by atoms with E-state index in [9.17, 15) is 9.59 Å². The number of ether oxygens (including phenoxy) is 1. The lowest BCUT2D eigenvalue weighted by Gasteiger charge is -2.33. The lowest BCUT2D eigenvalue weighted by atomic mass is 9.92. The van der Waals surface area contributed by atoms with Gasteiger partial charge in [0.05, 0.1) is 24.2 Å². The van der Waals surface area contributed by atoms with E-state index < -0.39 is 5.97 Å². The Bertz CT molecular complexity index is 1420. The van der Waals surface area contributed by atoms with Crippen LogP contribution in [0.3, 0.4) is 0 Å². The number of imidazole rings is 1. The van der Waals surface area contributed by atoms with E-state index in [1.165, 1.54) is 12.8 Å². The number of likely N-dealkylation sites (tertiary alicyclic amines) is 1. The number of rotatable bonds is 8. The van der Waals surface area contributed by atoms with Crippen LogP contribution in [0.15, 0.2) is 30.6 Å². The number of carbonyl (C=O) groups excluding carboxylic acids is 2. The third-order valence-electron chi connectivity index (χ3n) is 9.03. The summed E-state index contributed by atoms with van der Waals surface area (Å²) in [6.07, 6.45) is 12.2. The first kappa shape index (κ1) is 29.2. The molecular formula is C31H43N9O3. The highest BCUT2D eigenvalue weighted by Crippen LogP contribution is 2.34. The van der Waals surface area contributed by atoms with Gasteiger partial charge in [-0.3, -0.25) is 0 Å². The fraction of sp³-hybridized carbons (Fsp3) is 0.581. The van der Waals surface area contributed by atoms with E-state index in [1.54, 1.807) is 36.1 Å². The van der Waals surface area contributed by atoms with Gasteiger partial charge in [0.1, 0.15) is 0 Å². The van der Waals surface area contributed by atoms with E-state index in [-0.39, 0.29) is 24.7 Å². The maximum absolute atomic E-state index is 13.1. The van der Waals surface area contributed by atoms with Crippen LogP contribution < -0.4 is 21.7 Å². The highest BCUT2D eigenvalue weighted by molar-refractivity contribution is 6.00. The SMILES string of the molecule is CCOC(=O)c1ccccc1NC(=O)N1CCC(Nc2nc(NC3CCC(N)CC3)nc3c2ncn3C2CCCC2)CC1. The number of piperidine rings is 1. The average Bonchev–Trinajstić information content (AvgIpc) is 3.70. The zero-order valence-corrected chi connectivity index (χ0v) is 24.9. The Kier molecular flexibility index (Phi) is 8.92. The van der Waals surface area contributed by atoms with Gasteiger partial charge in [-0.1, -0.05) is 25.0 Å². The van der Waals surface area contributed by atoms with Crippen molar-refractivity contribution in [1.29, 1.82) is 0 Å². The minimum Gasteiger partial charge on any atom is -0.462 e. The second-order valence-electron chi connectivity index (χ2n) is 12.0. The number of hydrogen-bond donors (Lipinski definition) is 4. The fourth-order valence-electron chi connectivity index (χ4n) is 6.57. The molecule has 1 saturated heterocycles. The summed E-state index contributed by atoms with van der Waals surface area (Å²) in [5.74, 6) is 0.920. The van der Waals surface area contributed by atoms with Gasteiger partial charge in [-0.25, -0.2) is 14.6 Å². The van der Waals surface area contributed by atoms with Crippen LogP contribution >= 0.6 is 0 Å². The summed E-state index contributed by atoms with van der Waals surface area (Å²) in [6, 6.07) is 7.83. The molecule has 12 heteroatoms. The minimum absolute atomic E-state index is 0.131. The van der Waals surface area contributed by atoms with E-state index in [4.69, 9.17) is 25.4 Å². The van der Waals surface area contributed by atoms with Crippen molar-refractivity contribution in [2.75, 3.05) is 35.6 Å². The van der Waals surface area contributed by atoms with Gasteiger partial charge in [0, 0.05) is 37.3 Å². The molecular weight excluding hydrogens is 546 g/mol. The van der Waals surface area contributed by atoms with Gasteiger partial charge < -0.3 is 35.9 Å². The number of aromatic nitrogens is 4. The predicted octanol–water partition coefficient (Wildman–Crippen LogP) is 4.91. The Hall–Kier alpha value is -3.93. The van der Waals surface area contributed by atoms with Gasteiger partial charge in [-0.2, -0.15) is 9.97 Å². The summed E-state index contributed by atoms with van der Waals surface area (Å²) >= 11 is 0.